The van der Waals surface area contributed by atoms with Crippen molar-refractivity contribution in [3.8, 4) is 5.69 Å². The van der Waals surface area contributed by atoms with E-state index in [0.29, 0.717) is 11.4 Å². The van der Waals surface area contributed by atoms with Crippen molar-refractivity contribution in [2.24, 2.45) is 0 Å². The van der Waals surface area contributed by atoms with Gasteiger partial charge in [0.15, 0.2) is 12.4 Å². The van der Waals surface area contributed by atoms with E-state index in [0.717, 1.165) is 44.1 Å². The van der Waals surface area contributed by atoms with Crippen molar-refractivity contribution in [3.05, 3.63) is 82.0 Å². The first-order chi connectivity index (χ1) is 17.4. The Kier molecular flexibility index (Phi) is 6.48. The molecule has 1 aliphatic carbocycles. The van der Waals surface area contributed by atoms with Crippen LogP contribution >= 0.6 is 0 Å². The summed E-state index contributed by atoms with van der Waals surface area (Å²) in [5, 5.41) is 3.25. The van der Waals surface area contributed by atoms with Crippen molar-refractivity contribution >= 4 is 23.1 Å². The molecule has 3 aromatic rings. The maximum Gasteiger partial charge on any atom is 0.327 e. The molecule has 36 heavy (non-hydrogen) atoms. The molecule has 1 aliphatic heterocycles. The monoisotopic (exact) mass is 485 g/mol. The van der Waals surface area contributed by atoms with Crippen molar-refractivity contribution in [2.45, 2.75) is 71.3 Å². The zero-order valence-electron chi connectivity index (χ0n) is 21.2. The van der Waals surface area contributed by atoms with E-state index in [2.05, 4.69) is 5.10 Å². The molecule has 1 fully saturated rings. The highest BCUT2D eigenvalue weighted by Gasteiger charge is 2.50. The van der Waals surface area contributed by atoms with Crippen LogP contribution in [0.2, 0.25) is 0 Å². The van der Waals surface area contributed by atoms with Crippen LogP contribution in [-0.2, 0) is 16.0 Å². The summed E-state index contributed by atoms with van der Waals surface area (Å²) in [6.45, 7) is 6.01. The van der Waals surface area contributed by atoms with Crippen LogP contribution in [0.5, 0.6) is 0 Å². The molecule has 3 heterocycles. The lowest BCUT2D eigenvalue weighted by molar-refractivity contribution is -0.577. The number of nitrogens with zero attached hydrogens (tertiary/aromatic N) is 3. The Bertz CT molecular complexity index is 1390. The number of aromatic amines is 1. The zero-order valence-corrected chi connectivity index (χ0v) is 21.2. The maximum absolute atomic E-state index is 14.1. The zero-order chi connectivity index (χ0) is 25.4. The number of H-pyrrole nitrogens is 1. The van der Waals surface area contributed by atoms with E-state index < -0.39 is 0 Å². The number of nitrogens with one attached hydrogen (secondary N) is 1. The first kappa shape index (κ1) is 24.0. The predicted octanol–water partition coefficient (Wildman–Crippen LogP) is 4.21. The third-order valence-electron chi connectivity index (χ3n) is 7.32. The van der Waals surface area contributed by atoms with E-state index in [1.54, 1.807) is 10.8 Å². The van der Waals surface area contributed by atoms with Crippen LogP contribution in [0.15, 0.2) is 59.7 Å². The van der Waals surface area contributed by atoms with Crippen molar-refractivity contribution in [1.82, 2.24) is 14.7 Å². The first-order valence-corrected chi connectivity index (χ1v) is 13.0. The third kappa shape index (κ3) is 4.02. The number of pyridine rings is 1. The van der Waals surface area contributed by atoms with E-state index in [-0.39, 0.29) is 46.2 Å². The number of carbonyl (C=O) groups is 2. The standard InChI is InChI=1S/C29H32N4O3/c1-4-20-12-11-17-31(18-20)26-24(27(34)32(29(26)36)21-13-7-5-8-14-21)23-25(19(2)3)30-33(28(23)35)22-15-9-6-10-16-22/h6,9-12,15-19,21H,4-5,7-8,13-14H2,1-3H3/p+1. The van der Waals surface area contributed by atoms with Crippen LogP contribution in [0.1, 0.15) is 75.6 Å². The van der Waals surface area contributed by atoms with Crippen LogP contribution in [-0.4, -0.2) is 32.5 Å². The number of hydrogen-bond donors (Lipinski definition) is 1. The Hall–Kier alpha value is -3.74. The van der Waals surface area contributed by atoms with E-state index >= 15 is 0 Å². The molecule has 186 valence electrons. The molecule has 0 unspecified atom stereocenters. The predicted molar refractivity (Wildman–Crippen MR) is 138 cm³/mol. The Morgan fingerprint density at radius 2 is 1.69 bits per heavy atom. The largest absolute Gasteiger partial charge is 0.327 e. The number of hydrogen-bond acceptors (Lipinski definition) is 3. The molecule has 1 N–H and O–H groups in total. The van der Waals surface area contributed by atoms with Gasteiger partial charge in [-0.1, -0.05) is 58.2 Å². The highest BCUT2D eigenvalue weighted by atomic mass is 16.2. The van der Waals surface area contributed by atoms with Crippen molar-refractivity contribution in [1.29, 1.82) is 0 Å². The number of carbonyl (C=O) groups excluding carboxylic acids is 2. The quantitative estimate of drug-likeness (QED) is 0.420. The Labute approximate surface area is 211 Å². The normalized spacial score (nSPS) is 17.1. The molecule has 2 aromatic heterocycles. The van der Waals surface area contributed by atoms with Gasteiger partial charge in [-0.25, -0.2) is 4.68 Å². The summed E-state index contributed by atoms with van der Waals surface area (Å²) in [5.41, 5.74) is 2.80. The molecular formula is C29H33N4O3+. The highest BCUT2D eigenvalue weighted by molar-refractivity contribution is 6.44. The molecule has 1 aromatic carbocycles. The minimum atomic E-state index is -0.366. The van der Waals surface area contributed by atoms with Crippen LogP contribution in [0, 0.1) is 0 Å². The van der Waals surface area contributed by atoms with Crippen LogP contribution in [0.25, 0.3) is 17.0 Å². The fraction of sp³-hybridized carbons (Fsp3) is 0.379. The van der Waals surface area contributed by atoms with Gasteiger partial charge in [0, 0.05) is 23.4 Å². The van der Waals surface area contributed by atoms with E-state index in [9.17, 15) is 14.4 Å². The SMILES string of the molecule is CCc1ccc[n+](C2=C(c3c(C(C)C)[nH]n(-c4ccccc4)c3=O)C(=O)N(C3CCCCC3)C2=O)c1. The molecule has 1 saturated carbocycles. The molecule has 7 nitrogen and oxygen atoms in total. The summed E-state index contributed by atoms with van der Waals surface area (Å²) in [6.07, 6.45) is 9.18. The number of imide groups is 1. The van der Waals surface area contributed by atoms with Crippen LogP contribution in [0.3, 0.4) is 0 Å². The smallest absolute Gasteiger partial charge is 0.294 e. The second-order valence-electron chi connectivity index (χ2n) is 10.0. The molecule has 0 atom stereocenters. The van der Waals surface area contributed by atoms with Crippen LogP contribution in [0.4, 0.5) is 0 Å². The lowest BCUT2D eigenvalue weighted by Gasteiger charge is -2.29. The molecule has 0 bridgehead atoms. The van der Waals surface area contributed by atoms with Gasteiger partial charge in [0.05, 0.1) is 11.3 Å². The van der Waals surface area contributed by atoms with Crippen molar-refractivity contribution in [2.75, 3.05) is 0 Å². The summed E-state index contributed by atoms with van der Waals surface area (Å²) in [7, 11) is 0. The summed E-state index contributed by atoms with van der Waals surface area (Å²) in [6, 6.07) is 13.0. The van der Waals surface area contributed by atoms with E-state index in [1.807, 2.05) is 69.4 Å². The molecule has 5 rings (SSSR count). The lowest BCUT2D eigenvalue weighted by atomic mass is 9.94. The lowest BCUT2D eigenvalue weighted by Crippen LogP contribution is -2.45. The molecule has 0 saturated heterocycles. The summed E-state index contributed by atoms with van der Waals surface area (Å²) in [5.74, 6) is -0.749. The van der Waals surface area contributed by atoms with E-state index in [4.69, 9.17) is 0 Å². The third-order valence-corrected chi connectivity index (χ3v) is 7.32. The Balaban J connectivity index is 1.76. The van der Waals surface area contributed by atoms with Gasteiger partial charge < -0.3 is 0 Å². The second-order valence-corrected chi connectivity index (χ2v) is 10.0. The van der Waals surface area contributed by atoms with Gasteiger partial charge in [-0.3, -0.25) is 24.4 Å². The summed E-state index contributed by atoms with van der Waals surface area (Å²) < 4.78 is 3.21. The van der Waals surface area contributed by atoms with Crippen molar-refractivity contribution < 1.29 is 14.2 Å². The molecule has 0 spiro atoms. The molecule has 7 heteroatoms. The number of amides is 2. The summed E-state index contributed by atoms with van der Waals surface area (Å²) in [4.78, 5) is 43.4. The van der Waals surface area contributed by atoms with Gasteiger partial charge in [0.25, 0.3) is 17.2 Å². The molecule has 2 aliphatic rings. The van der Waals surface area contributed by atoms with Gasteiger partial charge in [0.1, 0.15) is 5.57 Å². The minimum Gasteiger partial charge on any atom is -0.294 e. The van der Waals surface area contributed by atoms with Gasteiger partial charge in [-0.05, 0) is 43.4 Å². The average molecular weight is 486 g/mol. The van der Waals surface area contributed by atoms with Gasteiger partial charge in [-0.2, -0.15) is 4.57 Å². The summed E-state index contributed by atoms with van der Waals surface area (Å²) >= 11 is 0. The number of aryl methyl sites for hydroxylation is 1. The van der Waals surface area contributed by atoms with Gasteiger partial charge >= 0.3 is 5.91 Å². The topological polar surface area (TPSA) is 79.1 Å². The molecule has 0 radical (unpaired) electrons. The number of benzene rings is 1. The maximum atomic E-state index is 14.1. The minimum absolute atomic E-state index is 0.0648. The molecular weight excluding hydrogens is 452 g/mol. The van der Waals surface area contributed by atoms with E-state index in [1.165, 1.54) is 9.58 Å². The fourth-order valence-corrected chi connectivity index (χ4v) is 5.42. The number of rotatable bonds is 6. The number of para-hydroxylation sites is 1. The Morgan fingerprint density at radius 1 is 0.972 bits per heavy atom. The average Bonchev–Trinajstić information content (AvgIpc) is 3.37. The van der Waals surface area contributed by atoms with Crippen molar-refractivity contribution in [3.63, 3.8) is 0 Å². The van der Waals surface area contributed by atoms with Crippen LogP contribution < -0.4 is 10.1 Å². The number of aromatic nitrogens is 3. The first-order valence-electron chi connectivity index (χ1n) is 13.0. The van der Waals surface area contributed by atoms with Gasteiger partial charge in [0.2, 0.25) is 0 Å². The Morgan fingerprint density at radius 3 is 2.36 bits per heavy atom. The second kappa shape index (κ2) is 9.72. The highest BCUT2D eigenvalue weighted by Crippen LogP contribution is 2.36. The fourth-order valence-electron chi connectivity index (χ4n) is 5.42. The van der Waals surface area contributed by atoms with Gasteiger partial charge in [-0.15, -0.1) is 0 Å². The molecule has 2 amide bonds.